The molecule has 2 bridgehead atoms. The zero-order valence-corrected chi connectivity index (χ0v) is 35.0. The summed E-state index contributed by atoms with van der Waals surface area (Å²) in [6.07, 6.45) is 7.00. The third kappa shape index (κ3) is 7.82. The van der Waals surface area contributed by atoms with Gasteiger partial charge in [-0.15, -0.1) is 0 Å². The van der Waals surface area contributed by atoms with Crippen LogP contribution in [0.3, 0.4) is 0 Å². The average molecular weight is 815 g/mol. The van der Waals surface area contributed by atoms with Gasteiger partial charge in [-0.05, 0) is 89.5 Å². The fourth-order valence-corrected chi connectivity index (χ4v) is 9.43. The summed E-state index contributed by atoms with van der Waals surface area (Å²) in [6.45, 7) is 8.27. The first-order chi connectivity index (χ1) is 28.9. The van der Waals surface area contributed by atoms with Crippen LogP contribution in [0.25, 0.3) is 44.4 Å². The molecule has 4 N–H and O–H groups in total. The Morgan fingerprint density at radius 2 is 1.23 bits per heavy atom. The van der Waals surface area contributed by atoms with Crippen molar-refractivity contribution in [1.29, 1.82) is 0 Å². The number of nitrogens with zero attached hydrogens (tertiary/aromatic N) is 4. The Morgan fingerprint density at radius 3 is 1.88 bits per heavy atom. The van der Waals surface area contributed by atoms with Gasteiger partial charge in [-0.1, -0.05) is 76.2 Å². The molecule has 314 valence electrons. The summed E-state index contributed by atoms with van der Waals surface area (Å²) in [5.41, 5.74) is 5.93. The lowest BCUT2D eigenvalue weighted by Crippen LogP contribution is -2.54. The summed E-state index contributed by atoms with van der Waals surface area (Å²) in [5.74, 6) is 1.38. The van der Waals surface area contributed by atoms with Crippen LogP contribution in [0.2, 0.25) is 0 Å². The number of fused-ring (bicyclic) bond motifs is 3. The van der Waals surface area contributed by atoms with Crippen molar-refractivity contribution in [2.75, 3.05) is 20.8 Å². The monoisotopic (exact) mass is 814 g/mol. The highest BCUT2D eigenvalue weighted by Crippen LogP contribution is 2.50. The first kappa shape index (κ1) is 40.6. The van der Waals surface area contributed by atoms with Crippen LogP contribution in [0.4, 0.5) is 9.59 Å². The SMILES string of the molecule is COC(=O)N[C@H](C(=O)N1C2CCC(C2)C1c1ncc(-c2ccc(-c3ccc4cc(-c5cnc([C@@H]6CCCN6C(=O)[C@@H](NC(=O)OC)C(C)C)[nH]5)ccc4c3)cc2)[nH]1)C(C)C. The molecule has 60 heavy (non-hydrogen) atoms. The predicted molar refractivity (Wildman–Crippen MR) is 227 cm³/mol. The van der Waals surface area contributed by atoms with E-state index in [1.54, 1.807) is 0 Å². The number of carbonyl (C=O) groups is 4. The number of imidazole rings is 2. The Morgan fingerprint density at radius 1 is 0.683 bits per heavy atom. The van der Waals surface area contributed by atoms with E-state index in [0.717, 1.165) is 88.2 Å². The number of carbonyl (C=O) groups excluding carboxylic acids is 4. The summed E-state index contributed by atoms with van der Waals surface area (Å²) < 4.78 is 9.60. The number of rotatable bonds is 11. The van der Waals surface area contributed by atoms with Gasteiger partial charge < -0.3 is 39.9 Å². The molecule has 14 heteroatoms. The third-order valence-corrected chi connectivity index (χ3v) is 12.6. The van der Waals surface area contributed by atoms with Crippen molar-refractivity contribution in [1.82, 2.24) is 40.4 Å². The molecule has 4 heterocycles. The lowest BCUT2D eigenvalue weighted by atomic mass is 9.95. The molecule has 4 amide bonds. The van der Waals surface area contributed by atoms with Gasteiger partial charge in [-0.3, -0.25) is 9.59 Å². The number of H-pyrrole nitrogens is 2. The summed E-state index contributed by atoms with van der Waals surface area (Å²) in [7, 11) is 2.60. The number of ether oxygens (including phenoxy) is 2. The van der Waals surface area contributed by atoms with E-state index in [-0.39, 0.29) is 41.8 Å². The number of nitrogens with one attached hydrogen (secondary N) is 4. The number of piperidine rings is 1. The number of amides is 4. The second-order valence-corrected chi connectivity index (χ2v) is 17.0. The number of aromatic amines is 2. The lowest BCUT2D eigenvalue weighted by Gasteiger charge is -2.37. The predicted octanol–water partition coefficient (Wildman–Crippen LogP) is 7.76. The lowest BCUT2D eigenvalue weighted by molar-refractivity contribution is -0.139. The van der Waals surface area contributed by atoms with Gasteiger partial charge in [0, 0.05) is 18.2 Å². The van der Waals surface area contributed by atoms with Crippen LogP contribution in [0, 0.1) is 17.8 Å². The van der Waals surface area contributed by atoms with E-state index in [1.165, 1.54) is 14.2 Å². The van der Waals surface area contributed by atoms with Crippen molar-refractivity contribution in [2.45, 2.75) is 90.0 Å². The molecule has 3 fully saturated rings. The van der Waals surface area contributed by atoms with Gasteiger partial charge in [0.05, 0.1) is 50.1 Å². The molecule has 1 saturated carbocycles. The highest BCUT2D eigenvalue weighted by Gasteiger charge is 2.51. The molecule has 5 aromatic rings. The molecule has 2 aromatic heterocycles. The molecule has 0 spiro atoms. The minimum Gasteiger partial charge on any atom is -0.453 e. The van der Waals surface area contributed by atoms with Gasteiger partial charge >= 0.3 is 12.2 Å². The van der Waals surface area contributed by atoms with Crippen LogP contribution in [-0.4, -0.2) is 92.6 Å². The minimum atomic E-state index is -0.688. The molecule has 14 nitrogen and oxygen atoms in total. The van der Waals surface area contributed by atoms with Gasteiger partial charge in [0.2, 0.25) is 11.8 Å². The molecule has 3 aliphatic rings. The Hall–Kier alpha value is -6.18. The second kappa shape index (κ2) is 16.8. The summed E-state index contributed by atoms with van der Waals surface area (Å²) in [5, 5.41) is 7.66. The van der Waals surface area contributed by atoms with E-state index in [1.807, 2.05) is 49.9 Å². The minimum absolute atomic E-state index is 0.0918. The maximum Gasteiger partial charge on any atom is 0.407 e. The topological polar surface area (TPSA) is 175 Å². The van der Waals surface area contributed by atoms with Crippen molar-refractivity contribution in [2.24, 2.45) is 17.8 Å². The highest BCUT2D eigenvalue weighted by atomic mass is 16.5. The van der Waals surface area contributed by atoms with Crippen LogP contribution in [0.5, 0.6) is 0 Å². The van der Waals surface area contributed by atoms with Crippen LogP contribution in [0.15, 0.2) is 73.1 Å². The van der Waals surface area contributed by atoms with Crippen LogP contribution in [0.1, 0.15) is 83.5 Å². The van der Waals surface area contributed by atoms with Gasteiger partial charge in [-0.2, -0.15) is 0 Å². The molecular weight excluding hydrogens is 761 g/mol. The maximum atomic E-state index is 13.9. The smallest absolute Gasteiger partial charge is 0.407 e. The number of benzene rings is 3. The Labute approximate surface area is 349 Å². The third-order valence-electron chi connectivity index (χ3n) is 12.6. The van der Waals surface area contributed by atoms with Crippen molar-refractivity contribution in [3.63, 3.8) is 0 Å². The summed E-state index contributed by atoms with van der Waals surface area (Å²) in [4.78, 5) is 72.0. The van der Waals surface area contributed by atoms with E-state index in [0.29, 0.717) is 12.5 Å². The molecule has 6 atom stereocenters. The maximum absolute atomic E-state index is 13.9. The van der Waals surface area contributed by atoms with Gasteiger partial charge in [0.25, 0.3) is 0 Å². The van der Waals surface area contributed by atoms with Crippen LogP contribution < -0.4 is 10.6 Å². The van der Waals surface area contributed by atoms with Crippen molar-refractivity contribution in [3.05, 3.63) is 84.7 Å². The van der Waals surface area contributed by atoms with Crippen molar-refractivity contribution < 1.29 is 28.7 Å². The normalized spacial score (nSPS) is 20.8. The van der Waals surface area contributed by atoms with E-state index in [2.05, 4.69) is 81.3 Å². The quantitative estimate of drug-likeness (QED) is 0.105. The van der Waals surface area contributed by atoms with Gasteiger partial charge in [0.15, 0.2) is 0 Å². The fourth-order valence-electron chi connectivity index (χ4n) is 9.43. The van der Waals surface area contributed by atoms with Gasteiger partial charge in [0.1, 0.15) is 23.7 Å². The van der Waals surface area contributed by atoms with E-state index < -0.39 is 24.3 Å². The van der Waals surface area contributed by atoms with Crippen LogP contribution >= 0.6 is 0 Å². The Bertz CT molecular complexity index is 2390. The number of hydrogen-bond acceptors (Lipinski definition) is 8. The summed E-state index contributed by atoms with van der Waals surface area (Å²) in [6, 6.07) is 19.6. The summed E-state index contributed by atoms with van der Waals surface area (Å²) >= 11 is 0. The molecule has 2 saturated heterocycles. The Kier molecular flexibility index (Phi) is 11.4. The molecule has 0 radical (unpaired) electrons. The van der Waals surface area contributed by atoms with E-state index >= 15 is 0 Å². The molecule has 3 aromatic carbocycles. The zero-order valence-electron chi connectivity index (χ0n) is 35.0. The van der Waals surface area contributed by atoms with E-state index in [4.69, 9.17) is 19.4 Å². The number of likely N-dealkylation sites (tertiary alicyclic amines) is 2. The van der Waals surface area contributed by atoms with E-state index in [9.17, 15) is 19.2 Å². The molecule has 3 unspecified atom stereocenters. The van der Waals surface area contributed by atoms with Gasteiger partial charge in [-0.25, -0.2) is 19.6 Å². The number of methoxy groups -OCH3 is 2. The van der Waals surface area contributed by atoms with Crippen LogP contribution in [-0.2, 0) is 19.1 Å². The number of aromatic nitrogens is 4. The number of alkyl carbamates (subject to hydrolysis) is 2. The molecular formula is C46H54N8O6. The molecule has 1 aliphatic carbocycles. The average Bonchev–Trinajstić information content (AvgIpc) is 4.12. The Balaban J connectivity index is 0.954. The largest absolute Gasteiger partial charge is 0.453 e. The number of hydrogen-bond donors (Lipinski definition) is 4. The first-order valence-electron chi connectivity index (χ1n) is 21.0. The van der Waals surface area contributed by atoms with Crippen molar-refractivity contribution in [3.8, 4) is 33.6 Å². The first-order valence-corrected chi connectivity index (χ1v) is 21.0. The fraction of sp³-hybridized carbons (Fsp3) is 0.435. The molecule has 2 aliphatic heterocycles. The highest BCUT2D eigenvalue weighted by molar-refractivity contribution is 5.91. The van der Waals surface area contributed by atoms with Crippen molar-refractivity contribution >= 4 is 34.8 Å². The second-order valence-electron chi connectivity index (χ2n) is 17.0. The zero-order chi connectivity index (χ0) is 42.2. The standard InChI is InChI=1S/C46H54N8O6/c1-25(2)38(51-45(57)59-5)43(55)53-19-7-8-37(53)41-47-24-36(49-41)32-16-15-30-20-29(13-14-31(30)21-32)27-9-11-28(12-10-27)35-23-48-42(50-35)40-33-17-18-34(22-33)54(40)44(56)39(26(3)4)52-46(58)60-6/h9-16,20-21,23-26,33-34,37-40H,7-8,17-19,22H2,1-6H3,(H,47,49)(H,48,50)(H,51,57)(H,52,58)/t33?,34?,37-,38-,39-,40?/m0/s1. The molecule has 8 rings (SSSR count).